The first-order chi connectivity index (χ1) is 9.49. The van der Waals surface area contributed by atoms with Gasteiger partial charge in [-0.15, -0.1) is 0 Å². The van der Waals surface area contributed by atoms with Crippen LogP contribution in [0, 0.1) is 5.82 Å². The van der Waals surface area contributed by atoms with Gasteiger partial charge < -0.3 is 10.2 Å². The number of aromatic nitrogens is 1. The number of aliphatic hydroxyl groups is 1. The van der Waals surface area contributed by atoms with Crippen molar-refractivity contribution in [3.63, 3.8) is 0 Å². The Kier molecular flexibility index (Phi) is 3.65. The minimum Gasteiger partial charge on any atom is -0.502 e. The standard InChI is InChI=1S/C14H10FNO4/c15-10-5-3-9(4-6-10)11-2-1-7-16(11)13(18)8-12(17)14(19)20/h1-8,17H,(H,19,20)/b12-8-. The van der Waals surface area contributed by atoms with Gasteiger partial charge in [0.05, 0.1) is 11.8 Å². The van der Waals surface area contributed by atoms with Crippen LogP contribution < -0.4 is 0 Å². The van der Waals surface area contributed by atoms with Crippen molar-refractivity contribution >= 4 is 11.9 Å². The number of carboxylic acids is 1. The zero-order valence-corrected chi connectivity index (χ0v) is 10.2. The first kappa shape index (κ1) is 13.5. The van der Waals surface area contributed by atoms with E-state index in [1.165, 1.54) is 30.5 Å². The van der Waals surface area contributed by atoms with E-state index in [0.29, 0.717) is 17.3 Å². The lowest BCUT2D eigenvalue weighted by Gasteiger charge is -2.05. The number of benzene rings is 1. The number of carbonyl (C=O) groups excluding carboxylic acids is 1. The molecule has 1 aromatic heterocycles. The molecule has 0 atom stereocenters. The molecule has 1 aromatic carbocycles. The molecule has 2 rings (SSSR count). The molecule has 0 bridgehead atoms. The molecule has 0 aliphatic heterocycles. The zero-order chi connectivity index (χ0) is 14.7. The van der Waals surface area contributed by atoms with Crippen LogP contribution in [-0.2, 0) is 4.79 Å². The van der Waals surface area contributed by atoms with Crippen molar-refractivity contribution in [2.75, 3.05) is 0 Å². The second-order valence-corrected chi connectivity index (χ2v) is 3.94. The second kappa shape index (κ2) is 5.40. The molecule has 0 radical (unpaired) electrons. The molecule has 20 heavy (non-hydrogen) atoms. The fraction of sp³-hybridized carbons (Fsp3) is 0. The van der Waals surface area contributed by atoms with Crippen LogP contribution in [0.25, 0.3) is 11.3 Å². The summed E-state index contributed by atoms with van der Waals surface area (Å²) in [6.45, 7) is 0. The maximum absolute atomic E-state index is 12.9. The van der Waals surface area contributed by atoms with Crippen molar-refractivity contribution in [3.05, 3.63) is 60.2 Å². The summed E-state index contributed by atoms with van der Waals surface area (Å²) in [5.41, 5.74) is 1.05. The number of hydrogen-bond acceptors (Lipinski definition) is 3. The second-order valence-electron chi connectivity index (χ2n) is 3.94. The Bertz CT molecular complexity index is 685. The molecule has 0 saturated carbocycles. The summed E-state index contributed by atoms with van der Waals surface area (Å²) >= 11 is 0. The predicted octanol–water partition coefficient (Wildman–Crippen LogP) is 2.46. The molecule has 0 spiro atoms. The summed E-state index contributed by atoms with van der Waals surface area (Å²) in [6.07, 6.45) is 2.03. The highest BCUT2D eigenvalue weighted by atomic mass is 19.1. The molecule has 0 fully saturated rings. The number of rotatable bonds is 3. The minimum atomic E-state index is -1.59. The third kappa shape index (κ3) is 2.74. The number of carbonyl (C=O) groups is 2. The maximum Gasteiger partial charge on any atom is 0.371 e. The van der Waals surface area contributed by atoms with Crippen LogP contribution in [0.15, 0.2) is 54.4 Å². The number of halogens is 1. The third-order valence-corrected chi connectivity index (χ3v) is 2.61. The van der Waals surface area contributed by atoms with E-state index in [1.807, 2.05) is 0 Å². The third-order valence-electron chi connectivity index (χ3n) is 2.61. The van der Waals surface area contributed by atoms with Crippen molar-refractivity contribution < 1.29 is 24.2 Å². The Morgan fingerprint density at radius 3 is 2.35 bits per heavy atom. The summed E-state index contributed by atoms with van der Waals surface area (Å²) in [6, 6.07) is 8.70. The van der Waals surface area contributed by atoms with Crippen molar-refractivity contribution in [1.29, 1.82) is 0 Å². The maximum atomic E-state index is 12.9. The average molecular weight is 275 g/mol. The van der Waals surface area contributed by atoms with Gasteiger partial charge >= 0.3 is 5.97 Å². The van der Waals surface area contributed by atoms with Crippen LogP contribution in [0.2, 0.25) is 0 Å². The summed E-state index contributed by atoms with van der Waals surface area (Å²) < 4.78 is 14.0. The van der Waals surface area contributed by atoms with Crippen molar-refractivity contribution in [2.24, 2.45) is 0 Å². The van der Waals surface area contributed by atoms with E-state index in [0.717, 1.165) is 4.57 Å². The molecule has 0 saturated heterocycles. The lowest BCUT2D eigenvalue weighted by atomic mass is 10.1. The molecular weight excluding hydrogens is 265 g/mol. The molecule has 0 aliphatic carbocycles. The van der Waals surface area contributed by atoms with E-state index < -0.39 is 23.5 Å². The number of allylic oxidation sites excluding steroid dienone is 1. The highest BCUT2D eigenvalue weighted by Gasteiger charge is 2.12. The van der Waals surface area contributed by atoms with Crippen LogP contribution in [0.4, 0.5) is 4.39 Å². The highest BCUT2D eigenvalue weighted by Crippen LogP contribution is 2.20. The van der Waals surface area contributed by atoms with E-state index >= 15 is 0 Å². The average Bonchev–Trinajstić information content (AvgIpc) is 2.88. The number of aliphatic hydroxyl groups excluding tert-OH is 1. The zero-order valence-electron chi connectivity index (χ0n) is 10.2. The molecule has 5 nitrogen and oxygen atoms in total. The van der Waals surface area contributed by atoms with Crippen LogP contribution in [-0.4, -0.2) is 26.7 Å². The largest absolute Gasteiger partial charge is 0.502 e. The SMILES string of the molecule is O=C(O)/C(O)=C/C(=O)n1cccc1-c1ccc(F)cc1. The number of carboxylic acid groups (broad SMARTS) is 1. The summed E-state index contributed by atoms with van der Waals surface area (Å²) in [7, 11) is 0. The van der Waals surface area contributed by atoms with E-state index in [-0.39, 0.29) is 0 Å². The number of nitrogens with zero attached hydrogens (tertiary/aromatic N) is 1. The fourth-order valence-corrected chi connectivity index (χ4v) is 1.68. The number of hydrogen-bond donors (Lipinski definition) is 2. The molecule has 1 heterocycles. The van der Waals surface area contributed by atoms with E-state index in [1.54, 1.807) is 12.1 Å². The van der Waals surface area contributed by atoms with Gasteiger partial charge in [-0.25, -0.2) is 9.18 Å². The van der Waals surface area contributed by atoms with Crippen molar-refractivity contribution in [2.45, 2.75) is 0 Å². The summed E-state index contributed by atoms with van der Waals surface area (Å²) in [5, 5.41) is 17.6. The topological polar surface area (TPSA) is 79.5 Å². The molecular formula is C14H10FNO4. The molecule has 0 amide bonds. The Morgan fingerprint density at radius 2 is 1.75 bits per heavy atom. The Hall–Kier alpha value is -2.89. The van der Waals surface area contributed by atoms with Crippen molar-refractivity contribution in [1.82, 2.24) is 4.57 Å². The summed E-state index contributed by atoms with van der Waals surface area (Å²) in [5.74, 6) is -3.75. The van der Waals surface area contributed by atoms with E-state index in [4.69, 9.17) is 10.2 Å². The Labute approximate surface area is 113 Å². The van der Waals surface area contributed by atoms with Gasteiger partial charge in [0.25, 0.3) is 5.91 Å². The molecule has 0 aliphatic rings. The Morgan fingerprint density at radius 1 is 1.10 bits per heavy atom. The normalized spacial score (nSPS) is 11.3. The first-order valence-electron chi connectivity index (χ1n) is 5.60. The van der Waals surface area contributed by atoms with Gasteiger partial charge in [-0.3, -0.25) is 9.36 Å². The molecule has 2 aromatic rings. The monoisotopic (exact) mass is 275 g/mol. The van der Waals surface area contributed by atoms with Gasteiger partial charge in [-0.2, -0.15) is 0 Å². The van der Waals surface area contributed by atoms with Crippen LogP contribution in [0.1, 0.15) is 4.79 Å². The summed E-state index contributed by atoms with van der Waals surface area (Å²) in [4.78, 5) is 22.3. The first-order valence-corrected chi connectivity index (χ1v) is 5.60. The minimum absolute atomic E-state index is 0.401. The molecule has 6 heteroatoms. The highest BCUT2D eigenvalue weighted by molar-refractivity contribution is 5.99. The molecule has 2 N–H and O–H groups in total. The van der Waals surface area contributed by atoms with Gasteiger partial charge in [0.1, 0.15) is 5.82 Å². The van der Waals surface area contributed by atoms with Crippen LogP contribution in [0.3, 0.4) is 0 Å². The van der Waals surface area contributed by atoms with Crippen LogP contribution in [0.5, 0.6) is 0 Å². The fourth-order valence-electron chi connectivity index (χ4n) is 1.68. The lowest BCUT2D eigenvalue weighted by molar-refractivity contribution is -0.135. The van der Waals surface area contributed by atoms with Crippen LogP contribution >= 0.6 is 0 Å². The van der Waals surface area contributed by atoms with E-state index in [2.05, 4.69) is 0 Å². The van der Waals surface area contributed by atoms with Gasteiger partial charge in [0, 0.05) is 6.20 Å². The van der Waals surface area contributed by atoms with E-state index in [9.17, 15) is 14.0 Å². The quantitative estimate of drug-likeness (QED) is 0.666. The smallest absolute Gasteiger partial charge is 0.371 e. The van der Waals surface area contributed by atoms with Gasteiger partial charge in [-0.1, -0.05) is 0 Å². The lowest BCUT2D eigenvalue weighted by Crippen LogP contribution is -2.11. The van der Waals surface area contributed by atoms with Crippen molar-refractivity contribution in [3.8, 4) is 11.3 Å². The van der Waals surface area contributed by atoms with Gasteiger partial charge in [0.2, 0.25) is 5.76 Å². The molecule has 0 unspecified atom stereocenters. The number of aliphatic carboxylic acids is 1. The molecule has 102 valence electrons. The Balaban J connectivity index is 2.38. The predicted molar refractivity (Wildman–Crippen MR) is 68.8 cm³/mol. The van der Waals surface area contributed by atoms with Gasteiger partial charge in [0.15, 0.2) is 0 Å². The van der Waals surface area contributed by atoms with Gasteiger partial charge in [-0.05, 0) is 42.0 Å².